The number of ether oxygens (including phenoxy) is 2. The molecule has 4 nitrogen and oxygen atoms in total. The molecule has 0 bridgehead atoms. The van der Waals surface area contributed by atoms with Crippen LogP contribution >= 0.6 is 23.4 Å². The minimum atomic E-state index is 0.00313. The SMILES string of the molecule is O=C(Cc1ccc2c(c1)OCCO2)NCCSc1ccc(Cl)cc1. The van der Waals surface area contributed by atoms with Crippen molar-refractivity contribution in [2.45, 2.75) is 11.3 Å². The van der Waals surface area contributed by atoms with Crippen LogP contribution in [0.5, 0.6) is 11.5 Å². The fraction of sp³-hybridized carbons (Fsp3) is 0.278. The summed E-state index contributed by atoms with van der Waals surface area (Å²) in [6.07, 6.45) is 0.336. The van der Waals surface area contributed by atoms with Gasteiger partial charge in [-0.25, -0.2) is 0 Å². The van der Waals surface area contributed by atoms with Crippen LogP contribution in [0.15, 0.2) is 47.4 Å². The Labute approximate surface area is 150 Å². The zero-order valence-electron chi connectivity index (χ0n) is 13.1. The average Bonchev–Trinajstić information content (AvgIpc) is 2.60. The first-order valence-electron chi connectivity index (χ1n) is 7.74. The fourth-order valence-corrected chi connectivity index (χ4v) is 3.23. The lowest BCUT2D eigenvalue weighted by Gasteiger charge is -2.18. The summed E-state index contributed by atoms with van der Waals surface area (Å²) in [5.41, 5.74) is 0.919. The van der Waals surface area contributed by atoms with Gasteiger partial charge in [0, 0.05) is 22.2 Å². The Balaban J connectivity index is 1.41. The van der Waals surface area contributed by atoms with Crippen LogP contribution in [0.2, 0.25) is 5.02 Å². The highest BCUT2D eigenvalue weighted by Gasteiger charge is 2.13. The predicted molar refractivity (Wildman–Crippen MR) is 96.3 cm³/mol. The summed E-state index contributed by atoms with van der Waals surface area (Å²) >= 11 is 7.54. The molecule has 1 aliphatic rings. The van der Waals surface area contributed by atoms with E-state index in [2.05, 4.69) is 5.32 Å². The molecular formula is C18H18ClNO3S. The molecule has 1 amide bonds. The molecule has 0 spiro atoms. The molecule has 1 N–H and O–H groups in total. The van der Waals surface area contributed by atoms with E-state index >= 15 is 0 Å². The fourth-order valence-electron chi connectivity index (χ4n) is 2.34. The second kappa shape index (κ2) is 8.31. The van der Waals surface area contributed by atoms with Gasteiger partial charge in [0.05, 0.1) is 6.42 Å². The maximum Gasteiger partial charge on any atom is 0.224 e. The van der Waals surface area contributed by atoms with Gasteiger partial charge in [-0.2, -0.15) is 0 Å². The van der Waals surface area contributed by atoms with Gasteiger partial charge in [0.1, 0.15) is 13.2 Å². The van der Waals surface area contributed by atoms with Crippen LogP contribution in [0.4, 0.5) is 0 Å². The normalized spacial score (nSPS) is 12.7. The first-order chi connectivity index (χ1) is 11.7. The first kappa shape index (κ1) is 17.0. The highest BCUT2D eigenvalue weighted by molar-refractivity contribution is 7.99. The molecule has 6 heteroatoms. The van der Waals surface area contributed by atoms with Crippen molar-refractivity contribution in [3.8, 4) is 11.5 Å². The van der Waals surface area contributed by atoms with Crippen molar-refractivity contribution in [1.82, 2.24) is 5.32 Å². The molecule has 24 heavy (non-hydrogen) atoms. The maximum absolute atomic E-state index is 12.0. The number of hydrogen-bond acceptors (Lipinski definition) is 4. The van der Waals surface area contributed by atoms with Gasteiger partial charge in [-0.15, -0.1) is 11.8 Å². The molecule has 1 heterocycles. The van der Waals surface area contributed by atoms with Crippen LogP contribution in [0.1, 0.15) is 5.56 Å². The van der Waals surface area contributed by atoms with Crippen LogP contribution in [0, 0.1) is 0 Å². The number of hydrogen-bond donors (Lipinski definition) is 1. The lowest BCUT2D eigenvalue weighted by atomic mass is 10.1. The van der Waals surface area contributed by atoms with E-state index in [0.29, 0.717) is 31.9 Å². The van der Waals surface area contributed by atoms with Gasteiger partial charge in [-0.05, 0) is 42.0 Å². The van der Waals surface area contributed by atoms with E-state index in [4.69, 9.17) is 21.1 Å². The molecule has 126 valence electrons. The third kappa shape index (κ3) is 4.82. The zero-order valence-corrected chi connectivity index (χ0v) is 14.7. The average molecular weight is 364 g/mol. The number of fused-ring (bicyclic) bond motifs is 1. The van der Waals surface area contributed by atoms with E-state index in [9.17, 15) is 4.79 Å². The number of carbonyl (C=O) groups is 1. The Bertz CT molecular complexity index is 706. The van der Waals surface area contributed by atoms with E-state index in [1.165, 1.54) is 0 Å². The van der Waals surface area contributed by atoms with Gasteiger partial charge in [0.2, 0.25) is 5.91 Å². The Hall–Kier alpha value is -1.85. The Morgan fingerprint density at radius 2 is 1.83 bits per heavy atom. The smallest absolute Gasteiger partial charge is 0.224 e. The Morgan fingerprint density at radius 1 is 1.08 bits per heavy atom. The minimum Gasteiger partial charge on any atom is -0.486 e. The summed E-state index contributed by atoms with van der Waals surface area (Å²) in [7, 11) is 0. The summed E-state index contributed by atoms with van der Waals surface area (Å²) < 4.78 is 11.0. The van der Waals surface area contributed by atoms with E-state index in [0.717, 1.165) is 27.0 Å². The number of nitrogens with one attached hydrogen (secondary N) is 1. The summed E-state index contributed by atoms with van der Waals surface area (Å²) in [5.74, 6) is 2.27. The largest absolute Gasteiger partial charge is 0.486 e. The third-order valence-electron chi connectivity index (χ3n) is 3.48. The lowest BCUT2D eigenvalue weighted by molar-refractivity contribution is -0.120. The molecular weight excluding hydrogens is 346 g/mol. The Morgan fingerprint density at radius 3 is 2.62 bits per heavy atom. The van der Waals surface area contributed by atoms with Gasteiger partial charge >= 0.3 is 0 Å². The molecule has 0 atom stereocenters. The van der Waals surface area contributed by atoms with E-state index in [-0.39, 0.29) is 5.91 Å². The van der Waals surface area contributed by atoms with Gasteiger partial charge in [-0.1, -0.05) is 17.7 Å². The van der Waals surface area contributed by atoms with Crippen LogP contribution in [-0.4, -0.2) is 31.4 Å². The van der Waals surface area contributed by atoms with E-state index in [1.807, 2.05) is 42.5 Å². The van der Waals surface area contributed by atoms with Crippen LogP contribution < -0.4 is 14.8 Å². The van der Waals surface area contributed by atoms with Gasteiger partial charge in [0.25, 0.3) is 0 Å². The van der Waals surface area contributed by atoms with E-state index < -0.39 is 0 Å². The van der Waals surface area contributed by atoms with Crippen LogP contribution in [0.3, 0.4) is 0 Å². The van der Waals surface area contributed by atoms with Gasteiger partial charge in [-0.3, -0.25) is 4.79 Å². The number of amides is 1. The van der Waals surface area contributed by atoms with Crippen molar-refractivity contribution in [3.05, 3.63) is 53.1 Å². The lowest BCUT2D eigenvalue weighted by Crippen LogP contribution is -2.27. The standard InChI is InChI=1S/C18H18ClNO3S/c19-14-2-4-15(5-3-14)24-10-7-20-18(21)12-13-1-6-16-17(11-13)23-9-8-22-16/h1-6,11H,7-10,12H2,(H,20,21). The molecule has 2 aromatic carbocycles. The summed E-state index contributed by atoms with van der Waals surface area (Å²) in [5, 5.41) is 3.66. The number of rotatable bonds is 6. The quantitative estimate of drug-likeness (QED) is 0.629. The van der Waals surface area contributed by atoms with Crippen molar-refractivity contribution < 1.29 is 14.3 Å². The molecule has 0 radical (unpaired) electrons. The van der Waals surface area contributed by atoms with Crippen molar-refractivity contribution in [2.75, 3.05) is 25.5 Å². The van der Waals surface area contributed by atoms with Crippen molar-refractivity contribution in [2.24, 2.45) is 0 Å². The molecule has 0 unspecified atom stereocenters. The van der Waals surface area contributed by atoms with Crippen LogP contribution in [-0.2, 0) is 11.2 Å². The topological polar surface area (TPSA) is 47.6 Å². The first-order valence-corrected chi connectivity index (χ1v) is 9.11. The molecule has 3 rings (SSSR count). The minimum absolute atomic E-state index is 0.00313. The highest BCUT2D eigenvalue weighted by atomic mass is 35.5. The number of carbonyl (C=O) groups excluding carboxylic acids is 1. The summed E-state index contributed by atoms with van der Waals surface area (Å²) in [6, 6.07) is 13.3. The number of thioether (sulfide) groups is 1. The molecule has 0 aromatic heterocycles. The van der Waals surface area contributed by atoms with Crippen molar-refractivity contribution >= 4 is 29.3 Å². The summed E-state index contributed by atoms with van der Waals surface area (Å²) in [6.45, 7) is 1.74. The van der Waals surface area contributed by atoms with E-state index in [1.54, 1.807) is 11.8 Å². The molecule has 2 aromatic rings. The molecule has 0 aliphatic carbocycles. The van der Waals surface area contributed by atoms with Crippen LogP contribution in [0.25, 0.3) is 0 Å². The molecule has 0 fully saturated rings. The van der Waals surface area contributed by atoms with Crippen molar-refractivity contribution in [3.63, 3.8) is 0 Å². The second-order valence-electron chi connectivity index (χ2n) is 5.31. The predicted octanol–water partition coefficient (Wildman–Crippen LogP) is 3.56. The molecule has 1 aliphatic heterocycles. The highest BCUT2D eigenvalue weighted by Crippen LogP contribution is 2.30. The third-order valence-corrected chi connectivity index (χ3v) is 4.74. The molecule has 0 saturated heterocycles. The summed E-state index contributed by atoms with van der Waals surface area (Å²) in [4.78, 5) is 13.2. The van der Waals surface area contributed by atoms with Crippen molar-refractivity contribution in [1.29, 1.82) is 0 Å². The monoisotopic (exact) mass is 363 g/mol. The van der Waals surface area contributed by atoms with Gasteiger partial charge < -0.3 is 14.8 Å². The Kier molecular flexibility index (Phi) is 5.88. The molecule has 0 saturated carbocycles. The zero-order chi connectivity index (χ0) is 16.8. The maximum atomic E-state index is 12.0. The second-order valence-corrected chi connectivity index (χ2v) is 6.91. The number of halogens is 1. The number of benzene rings is 2. The van der Waals surface area contributed by atoms with Gasteiger partial charge in [0.15, 0.2) is 11.5 Å².